The second-order valence-electron chi connectivity index (χ2n) is 9.27. The lowest BCUT2D eigenvalue weighted by Crippen LogP contribution is -2.10. The Bertz CT molecular complexity index is 1940. The van der Waals surface area contributed by atoms with Crippen LogP contribution in [0.1, 0.15) is 17.1 Å². The van der Waals surface area contributed by atoms with Crippen molar-refractivity contribution in [3.05, 3.63) is 94.7 Å². The Morgan fingerprint density at radius 2 is 1.62 bits per heavy atom. The van der Waals surface area contributed by atoms with Gasteiger partial charge in [-0.25, -0.2) is 26.9 Å². The van der Waals surface area contributed by atoms with Gasteiger partial charge < -0.3 is 5.11 Å². The van der Waals surface area contributed by atoms with Gasteiger partial charge in [0.25, 0.3) is 0 Å². The number of aryl methyl sites for hydroxylation is 1. The van der Waals surface area contributed by atoms with Crippen LogP contribution in [0.3, 0.4) is 0 Å². The molecule has 0 radical (unpaired) electrons. The Balaban J connectivity index is 1.82. The summed E-state index contributed by atoms with van der Waals surface area (Å²) in [5, 5.41) is 17.9. The van der Waals surface area contributed by atoms with Crippen LogP contribution in [-0.2, 0) is 22.6 Å². The van der Waals surface area contributed by atoms with Gasteiger partial charge in [-0.3, -0.25) is 4.57 Å². The molecule has 3 aromatic carbocycles. The first kappa shape index (κ1) is 29.4. The van der Waals surface area contributed by atoms with E-state index in [2.05, 4.69) is 15.3 Å². The summed E-state index contributed by atoms with van der Waals surface area (Å²) in [4.78, 5) is 3.03. The van der Waals surface area contributed by atoms with Gasteiger partial charge in [0.05, 0.1) is 29.1 Å². The van der Waals surface area contributed by atoms with Crippen LogP contribution in [0.5, 0.6) is 0 Å². The predicted molar refractivity (Wildman–Crippen MR) is 143 cm³/mol. The van der Waals surface area contributed by atoms with Crippen LogP contribution in [0, 0.1) is 18.6 Å². The van der Waals surface area contributed by atoms with Gasteiger partial charge in [0.15, 0.2) is 15.5 Å². The first-order valence-corrected chi connectivity index (χ1v) is 14.2. The summed E-state index contributed by atoms with van der Waals surface area (Å²) in [6.07, 6.45) is -2.01. The maximum atomic E-state index is 16.1. The topological polar surface area (TPSA) is 103 Å². The zero-order chi connectivity index (χ0) is 30.6. The van der Waals surface area contributed by atoms with Gasteiger partial charge in [-0.1, -0.05) is 28.9 Å². The number of rotatable bonds is 6. The number of alkyl halides is 3. The zero-order valence-corrected chi connectivity index (χ0v) is 23.2. The summed E-state index contributed by atoms with van der Waals surface area (Å²) in [5.41, 5.74) is -1.51. The first-order valence-electron chi connectivity index (χ1n) is 12.0. The Kier molecular flexibility index (Phi) is 7.41. The van der Waals surface area contributed by atoms with Crippen LogP contribution >= 0.6 is 11.6 Å². The number of hydrogen-bond acceptors (Lipinski definition) is 6. The van der Waals surface area contributed by atoms with Gasteiger partial charge in [0, 0.05) is 28.6 Å². The van der Waals surface area contributed by atoms with Crippen LogP contribution < -0.4 is 0 Å². The molecule has 0 amide bonds. The normalized spacial score (nSPS) is 12.2. The molecule has 0 spiro atoms. The molecule has 0 saturated carbocycles. The maximum absolute atomic E-state index is 16.1. The summed E-state index contributed by atoms with van der Waals surface area (Å²) in [6, 6.07) is 10.6. The van der Waals surface area contributed by atoms with Crippen LogP contribution in [0.2, 0.25) is 5.02 Å². The molecule has 5 rings (SSSR count). The van der Waals surface area contributed by atoms with Crippen molar-refractivity contribution >= 4 is 21.4 Å². The fourth-order valence-electron chi connectivity index (χ4n) is 4.48. The number of nitrogens with zero attached hydrogens (tertiary/aromatic N) is 5. The van der Waals surface area contributed by atoms with E-state index in [1.54, 1.807) is 24.3 Å². The highest BCUT2D eigenvalue weighted by Crippen LogP contribution is 2.37. The lowest BCUT2D eigenvalue weighted by Gasteiger charge is -2.17. The van der Waals surface area contributed by atoms with Crippen LogP contribution in [0.15, 0.2) is 65.8 Å². The van der Waals surface area contributed by atoms with Crippen molar-refractivity contribution in [3.8, 4) is 33.8 Å². The third kappa shape index (κ3) is 5.40. The van der Waals surface area contributed by atoms with Gasteiger partial charge in [-0.15, -0.1) is 5.10 Å². The lowest BCUT2D eigenvalue weighted by molar-refractivity contribution is -0.141. The number of aliphatic hydroxyl groups excluding tert-OH is 1. The Labute approximate surface area is 240 Å². The Morgan fingerprint density at radius 3 is 2.21 bits per heavy atom. The average molecular weight is 624 g/mol. The molecule has 2 heterocycles. The molecule has 218 valence electrons. The molecule has 2 aromatic heterocycles. The largest absolute Gasteiger partial charge is 0.434 e. The van der Waals surface area contributed by atoms with Gasteiger partial charge in [0.2, 0.25) is 0 Å². The van der Waals surface area contributed by atoms with E-state index < -0.39 is 50.4 Å². The van der Waals surface area contributed by atoms with Crippen molar-refractivity contribution in [1.29, 1.82) is 0 Å². The molecule has 0 aliphatic carbocycles. The van der Waals surface area contributed by atoms with Crippen molar-refractivity contribution in [2.75, 3.05) is 6.26 Å². The molecule has 15 heteroatoms. The monoisotopic (exact) mass is 623 g/mol. The maximum Gasteiger partial charge on any atom is 0.434 e. The van der Waals surface area contributed by atoms with Crippen molar-refractivity contribution in [3.63, 3.8) is 0 Å². The molecule has 0 aliphatic rings. The SMILES string of the molecule is Cc1nc(C(F)(F)F)cn1-c1c(F)cc(-c2cc(F)c(CO)c(S(C)(=O)=O)c2)cc1-n1nncc1-c1ccc(Cl)cc1. The van der Waals surface area contributed by atoms with Crippen molar-refractivity contribution in [2.45, 2.75) is 24.6 Å². The minimum absolute atomic E-state index is 0.0362. The van der Waals surface area contributed by atoms with Gasteiger partial charge in [-0.05, 0) is 54.4 Å². The fraction of sp³-hybridized carbons (Fsp3) is 0.148. The molecular weight excluding hydrogens is 605 g/mol. The van der Waals surface area contributed by atoms with Crippen LogP contribution in [-0.4, -0.2) is 44.3 Å². The smallest absolute Gasteiger partial charge is 0.392 e. The number of benzene rings is 3. The van der Waals surface area contributed by atoms with Crippen molar-refractivity contribution in [2.24, 2.45) is 0 Å². The molecule has 0 bridgehead atoms. The minimum Gasteiger partial charge on any atom is -0.392 e. The van der Waals surface area contributed by atoms with Crippen LogP contribution in [0.4, 0.5) is 22.0 Å². The van der Waals surface area contributed by atoms with Gasteiger partial charge in [-0.2, -0.15) is 13.2 Å². The highest BCUT2D eigenvalue weighted by molar-refractivity contribution is 7.90. The molecule has 0 fully saturated rings. The average Bonchev–Trinajstić information content (AvgIpc) is 3.54. The van der Waals surface area contributed by atoms with Crippen LogP contribution in [0.25, 0.3) is 33.8 Å². The van der Waals surface area contributed by atoms with E-state index in [4.69, 9.17) is 11.6 Å². The number of aromatic nitrogens is 5. The number of aliphatic hydroxyl groups is 1. The van der Waals surface area contributed by atoms with E-state index in [9.17, 15) is 31.1 Å². The lowest BCUT2D eigenvalue weighted by atomic mass is 10.0. The quantitative estimate of drug-likeness (QED) is 0.235. The number of hydrogen-bond donors (Lipinski definition) is 1. The molecule has 8 nitrogen and oxygen atoms in total. The fourth-order valence-corrected chi connectivity index (χ4v) is 5.56. The molecular formula is C27H19ClF5N5O3S. The first-order chi connectivity index (χ1) is 19.7. The highest BCUT2D eigenvalue weighted by atomic mass is 35.5. The zero-order valence-electron chi connectivity index (χ0n) is 21.7. The van der Waals surface area contributed by atoms with Gasteiger partial charge in [0.1, 0.15) is 23.1 Å². The third-order valence-electron chi connectivity index (χ3n) is 6.42. The van der Waals surface area contributed by atoms with E-state index in [1.165, 1.54) is 23.9 Å². The predicted octanol–water partition coefficient (Wildman–Crippen LogP) is 5.94. The summed E-state index contributed by atoms with van der Waals surface area (Å²) >= 11 is 6.00. The Hall–Kier alpha value is -4.14. The molecule has 0 atom stereocenters. The van der Waals surface area contributed by atoms with E-state index >= 15 is 4.39 Å². The van der Waals surface area contributed by atoms with E-state index in [0.29, 0.717) is 22.5 Å². The third-order valence-corrected chi connectivity index (χ3v) is 7.84. The molecule has 0 aliphatic heterocycles. The van der Waals surface area contributed by atoms with E-state index in [1.807, 2.05) is 0 Å². The standard InChI is InChI=1S/C27H19ClF5N5O3S/c1-14-35-25(27(31,32)33)12-37(14)26-21(30)8-16(17-7-20(29)19(13-39)24(10-17)42(2,40)41)9-22(26)38-23(11-34-36-38)15-3-5-18(28)6-4-15/h3-12,39H,13H2,1-2H3. The summed E-state index contributed by atoms with van der Waals surface area (Å²) < 4.78 is 98.3. The molecule has 1 N–H and O–H groups in total. The van der Waals surface area contributed by atoms with Crippen molar-refractivity contribution < 1.29 is 35.5 Å². The number of imidazole rings is 1. The van der Waals surface area contributed by atoms with Gasteiger partial charge >= 0.3 is 6.18 Å². The highest BCUT2D eigenvalue weighted by Gasteiger charge is 2.35. The minimum atomic E-state index is -4.82. The molecule has 5 aromatic rings. The summed E-state index contributed by atoms with van der Waals surface area (Å²) in [5.74, 6) is -2.30. The van der Waals surface area contributed by atoms with E-state index in [-0.39, 0.29) is 28.3 Å². The van der Waals surface area contributed by atoms with Crippen molar-refractivity contribution in [1.82, 2.24) is 24.5 Å². The number of sulfone groups is 1. The van der Waals surface area contributed by atoms with E-state index in [0.717, 1.165) is 29.0 Å². The summed E-state index contributed by atoms with van der Waals surface area (Å²) in [6.45, 7) is 0.354. The molecule has 0 saturated heterocycles. The summed E-state index contributed by atoms with van der Waals surface area (Å²) in [7, 11) is -4.03. The second-order valence-corrected chi connectivity index (χ2v) is 11.7. The molecule has 0 unspecified atom stereocenters. The second kappa shape index (κ2) is 10.6. The Morgan fingerprint density at radius 1 is 0.976 bits per heavy atom. The number of halogens is 6. The molecule has 42 heavy (non-hydrogen) atoms.